The lowest BCUT2D eigenvalue weighted by molar-refractivity contribution is -0.233. The molecule has 27 heavy (non-hydrogen) atoms. The number of esters is 2. The molecule has 0 heterocycles. The van der Waals surface area contributed by atoms with Crippen molar-refractivity contribution in [3.63, 3.8) is 0 Å². The molecule has 0 saturated carbocycles. The van der Waals surface area contributed by atoms with E-state index in [0.717, 1.165) is 51.4 Å². The Morgan fingerprint density at radius 1 is 0.741 bits per heavy atom. The Morgan fingerprint density at radius 2 is 1.11 bits per heavy atom. The molecule has 2 N–H and O–H groups in total. The van der Waals surface area contributed by atoms with Crippen LogP contribution in [0.5, 0.6) is 0 Å². The van der Waals surface area contributed by atoms with Crippen molar-refractivity contribution in [2.75, 3.05) is 13.2 Å². The zero-order chi connectivity index (χ0) is 20.7. The van der Waals surface area contributed by atoms with Crippen molar-refractivity contribution in [2.24, 2.45) is 11.8 Å². The molecule has 0 fully saturated rings. The van der Waals surface area contributed by atoms with Crippen molar-refractivity contribution in [3.8, 4) is 0 Å². The molecule has 0 saturated heterocycles. The number of carbonyl (C=O) groups excluding carboxylic acids is 2. The quantitative estimate of drug-likeness (QED) is 0.308. The first-order valence-corrected chi connectivity index (χ1v) is 10.2. The predicted octanol–water partition coefficient (Wildman–Crippen LogP) is 3.16. The average molecular weight is 391 g/mol. The number of hydrogen-bond acceptors (Lipinski definition) is 7. The van der Waals surface area contributed by atoms with E-state index in [2.05, 4.69) is 18.6 Å². The van der Waals surface area contributed by atoms with E-state index in [0.29, 0.717) is 0 Å². The molecule has 7 heteroatoms. The molecular formula is C20H38O7. The van der Waals surface area contributed by atoms with Crippen molar-refractivity contribution < 1.29 is 34.0 Å². The predicted molar refractivity (Wildman–Crippen MR) is 102 cm³/mol. The van der Waals surface area contributed by atoms with Crippen LogP contribution in [0.2, 0.25) is 0 Å². The van der Waals surface area contributed by atoms with Crippen LogP contribution < -0.4 is 0 Å². The summed E-state index contributed by atoms with van der Waals surface area (Å²) in [6, 6.07) is 0. The number of unbranched alkanes of at least 4 members (excludes halogenated alkanes) is 2. The van der Waals surface area contributed by atoms with E-state index in [4.69, 9.17) is 9.47 Å². The third kappa shape index (κ3) is 12.0. The van der Waals surface area contributed by atoms with E-state index < -0.39 is 24.5 Å². The molecule has 0 aromatic heterocycles. The Bertz CT molecular complexity index is 364. The number of aliphatic hydroxyl groups excluding tert-OH is 2. The second kappa shape index (κ2) is 15.8. The molecule has 0 bridgehead atoms. The van der Waals surface area contributed by atoms with Gasteiger partial charge in [0, 0.05) is 0 Å². The van der Waals surface area contributed by atoms with Gasteiger partial charge in [0.15, 0.2) is 0 Å². The number of carbonyl (C=O) groups is 2. The molecular weight excluding hydrogens is 352 g/mol. The van der Waals surface area contributed by atoms with Crippen LogP contribution in [-0.4, -0.2) is 47.9 Å². The molecule has 0 aromatic rings. The molecule has 0 aromatic carbocycles. The number of ether oxygens (including phenoxy) is 3. The summed E-state index contributed by atoms with van der Waals surface area (Å²) in [5.41, 5.74) is 0. The summed E-state index contributed by atoms with van der Waals surface area (Å²) in [6.07, 6.45) is 3.71. The van der Waals surface area contributed by atoms with Gasteiger partial charge in [-0.3, -0.25) is 0 Å². The van der Waals surface area contributed by atoms with Crippen LogP contribution >= 0.6 is 0 Å². The van der Waals surface area contributed by atoms with Crippen LogP contribution in [0, 0.1) is 11.8 Å². The van der Waals surface area contributed by atoms with Crippen LogP contribution in [0.25, 0.3) is 0 Å². The molecule has 0 amide bonds. The highest BCUT2D eigenvalue weighted by Crippen LogP contribution is 2.14. The summed E-state index contributed by atoms with van der Waals surface area (Å²) in [4.78, 5) is 23.5. The summed E-state index contributed by atoms with van der Waals surface area (Å²) < 4.78 is 14.7. The first-order chi connectivity index (χ1) is 12.9. The smallest absolute Gasteiger partial charge is 0.363 e. The van der Waals surface area contributed by atoms with E-state index in [1.165, 1.54) is 0 Å². The van der Waals surface area contributed by atoms with Gasteiger partial charge in [0.1, 0.15) is 0 Å². The summed E-state index contributed by atoms with van der Waals surface area (Å²) in [6.45, 7) is 8.53. The lowest BCUT2D eigenvalue weighted by Gasteiger charge is -2.19. The maximum atomic E-state index is 11.8. The van der Waals surface area contributed by atoms with Gasteiger partial charge in [0.25, 0.3) is 12.6 Å². The van der Waals surface area contributed by atoms with E-state index in [1.807, 2.05) is 13.8 Å². The summed E-state index contributed by atoms with van der Waals surface area (Å²) in [5, 5.41) is 19.3. The molecule has 0 spiro atoms. The fraction of sp³-hybridized carbons (Fsp3) is 0.900. The minimum Gasteiger partial charge on any atom is -0.462 e. The number of hydrogen-bond donors (Lipinski definition) is 2. The van der Waals surface area contributed by atoms with Gasteiger partial charge in [-0.2, -0.15) is 0 Å². The third-order valence-electron chi connectivity index (χ3n) is 4.67. The fourth-order valence-electron chi connectivity index (χ4n) is 2.57. The molecule has 4 unspecified atom stereocenters. The third-order valence-corrected chi connectivity index (χ3v) is 4.67. The van der Waals surface area contributed by atoms with Gasteiger partial charge >= 0.3 is 11.9 Å². The lowest BCUT2D eigenvalue weighted by Crippen LogP contribution is -2.36. The van der Waals surface area contributed by atoms with Crippen molar-refractivity contribution >= 4 is 11.9 Å². The van der Waals surface area contributed by atoms with Gasteiger partial charge in [-0.05, 0) is 24.7 Å². The van der Waals surface area contributed by atoms with Crippen LogP contribution in [0.4, 0.5) is 0 Å². The van der Waals surface area contributed by atoms with Gasteiger partial charge in [-0.1, -0.05) is 66.2 Å². The van der Waals surface area contributed by atoms with E-state index >= 15 is 0 Å². The molecule has 0 rings (SSSR count). The van der Waals surface area contributed by atoms with Gasteiger partial charge in [0.05, 0.1) is 13.2 Å². The van der Waals surface area contributed by atoms with E-state index in [-0.39, 0.29) is 25.0 Å². The standard InChI is InChI=1S/C20H38O7/c1-5-9-11-15(7-3)13-25-17(21)19(23)27-20(24)18(22)26-14-16(8-4)12-10-6-2/h15-16,19-20,23-24H,5-14H2,1-4H3. The maximum absolute atomic E-state index is 11.8. The Hall–Kier alpha value is -1.18. The number of rotatable bonds is 16. The fourth-order valence-corrected chi connectivity index (χ4v) is 2.57. The molecule has 0 aliphatic rings. The highest BCUT2D eigenvalue weighted by atomic mass is 16.7. The SMILES string of the molecule is CCCCC(CC)COC(=O)C(O)OC(O)C(=O)OCC(CC)CCCC. The highest BCUT2D eigenvalue weighted by molar-refractivity contribution is 5.75. The summed E-state index contributed by atoms with van der Waals surface area (Å²) >= 11 is 0. The maximum Gasteiger partial charge on any atom is 0.363 e. The highest BCUT2D eigenvalue weighted by Gasteiger charge is 2.27. The molecule has 4 atom stereocenters. The summed E-state index contributed by atoms with van der Waals surface area (Å²) in [5.74, 6) is -1.62. The van der Waals surface area contributed by atoms with E-state index in [9.17, 15) is 19.8 Å². The van der Waals surface area contributed by atoms with Crippen LogP contribution in [0.15, 0.2) is 0 Å². The zero-order valence-electron chi connectivity index (χ0n) is 17.3. The Kier molecular flexibility index (Phi) is 15.1. The monoisotopic (exact) mass is 390 g/mol. The van der Waals surface area contributed by atoms with Gasteiger partial charge in [-0.25, -0.2) is 9.59 Å². The molecule has 160 valence electrons. The normalized spacial score (nSPS) is 15.6. The molecule has 7 nitrogen and oxygen atoms in total. The second-order valence-corrected chi connectivity index (χ2v) is 6.93. The van der Waals surface area contributed by atoms with Crippen molar-refractivity contribution in [1.29, 1.82) is 0 Å². The summed E-state index contributed by atoms with van der Waals surface area (Å²) in [7, 11) is 0. The molecule has 0 radical (unpaired) electrons. The first-order valence-electron chi connectivity index (χ1n) is 10.2. The van der Waals surface area contributed by atoms with Crippen molar-refractivity contribution in [2.45, 2.75) is 91.6 Å². The minimum absolute atomic E-state index is 0.173. The second-order valence-electron chi connectivity index (χ2n) is 6.93. The van der Waals surface area contributed by atoms with Gasteiger partial charge in [0.2, 0.25) is 0 Å². The zero-order valence-corrected chi connectivity index (χ0v) is 17.3. The van der Waals surface area contributed by atoms with Gasteiger partial charge in [-0.15, -0.1) is 0 Å². The average Bonchev–Trinajstić information content (AvgIpc) is 2.67. The van der Waals surface area contributed by atoms with Crippen LogP contribution in [0.1, 0.15) is 79.1 Å². The Balaban J connectivity index is 4.23. The number of aliphatic hydroxyl groups is 2. The lowest BCUT2D eigenvalue weighted by atomic mass is 10.0. The molecule has 0 aliphatic carbocycles. The largest absolute Gasteiger partial charge is 0.462 e. The van der Waals surface area contributed by atoms with Crippen LogP contribution in [0.3, 0.4) is 0 Å². The minimum atomic E-state index is -2.03. The first kappa shape index (κ1) is 25.8. The Morgan fingerprint density at radius 3 is 1.41 bits per heavy atom. The van der Waals surface area contributed by atoms with E-state index in [1.54, 1.807) is 0 Å². The van der Waals surface area contributed by atoms with Crippen LogP contribution in [-0.2, 0) is 23.8 Å². The topological polar surface area (TPSA) is 102 Å². The van der Waals surface area contributed by atoms with Gasteiger partial charge < -0.3 is 24.4 Å². The van der Waals surface area contributed by atoms with Crippen molar-refractivity contribution in [1.82, 2.24) is 0 Å². The Labute approximate surface area is 163 Å². The van der Waals surface area contributed by atoms with Crippen molar-refractivity contribution in [3.05, 3.63) is 0 Å². The molecule has 0 aliphatic heterocycles.